The van der Waals surface area contributed by atoms with Crippen LogP contribution >= 0.6 is 0 Å². The number of piperazine rings is 1. The van der Waals surface area contributed by atoms with Gasteiger partial charge >= 0.3 is 27.5 Å². The lowest BCUT2D eigenvalue weighted by Crippen LogP contribution is -2.55. The van der Waals surface area contributed by atoms with Gasteiger partial charge in [-0.3, -0.25) is 4.72 Å². The van der Waals surface area contributed by atoms with Crippen molar-refractivity contribution in [3.63, 3.8) is 0 Å². The Hall–Kier alpha value is -2.30. The van der Waals surface area contributed by atoms with Gasteiger partial charge in [0.05, 0.1) is 6.54 Å². The second-order valence-corrected chi connectivity index (χ2v) is 9.19. The average Bonchev–Trinajstić information content (AvgIpc) is 3.13. The van der Waals surface area contributed by atoms with Crippen LogP contribution < -0.4 is 4.72 Å². The van der Waals surface area contributed by atoms with E-state index in [2.05, 4.69) is 19.3 Å². The Balaban J connectivity index is 1.74. The number of benzene rings is 1. The van der Waals surface area contributed by atoms with Crippen LogP contribution in [-0.4, -0.2) is 61.6 Å². The van der Waals surface area contributed by atoms with Crippen molar-refractivity contribution in [3.8, 4) is 0 Å². The van der Waals surface area contributed by atoms with E-state index < -0.39 is 63.5 Å². The number of hydrogen-bond donors (Lipinski definition) is 1. The van der Waals surface area contributed by atoms with Gasteiger partial charge in [-0.25, -0.2) is 12.8 Å². The van der Waals surface area contributed by atoms with Crippen molar-refractivity contribution in [2.24, 2.45) is 0 Å². The van der Waals surface area contributed by atoms with Gasteiger partial charge in [0, 0.05) is 18.8 Å². The van der Waals surface area contributed by atoms with Gasteiger partial charge in [0.2, 0.25) is 0 Å². The molecule has 0 spiro atoms. The first-order valence-electron chi connectivity index (χ1n) is 7.81. The summed E-state index contributed by atoms with van der Waals surface area (Å²) < 4.78 is 108. The average molecular weight is 459 g/mol. The number of hydrogen-bond acceptors (Lipinski definition) is 7. The third-order valence-corrected chi connectivity index (χ3v) is 6.92. The molecular weight excluding hydrogens is 446 g/mol. The van der Waals surface area contributed by atoms with Crippen LogP contribution in [0.1, 0.15) is 5.89 Å². The van der Waals surface area contributed by atoms with Crippen molar-refractivity contribution >= 4 is 25.9 Å². The van der Waals surface area contributed by atoms with Crippen LogP contribution in [0.5, 0.6) is 0 Å². The lowest BCUT2D eigenvalue weighted by molar-refractivity contribution is -0.158. The summed E-state index contributed by atoms with van der Waals surface area (Å²) in [5.41, 5.74) is 0.167. The third kappa shape index (κ3) is 4.49. The molecule has 0 aliphatic carbocycles. The number of sulfonamides is 1. The number of halogens is 4. The summed E-state index contributed by atoms with van der Waals surface area (Å²) in [6.07, 6.45) is -7.36. The molecular formula is C13H13F4N5O5S2. The number of nitrogens with one attached hydrogen (secondary N) is 1. The maximum atomic E-state index is 14.5. The summed E-state index contributed by atoms with van der Waals surface area (Å²) in [4.78, 5) is 0. The van der Waals surface area contributed by atoms with Crippen LogP contribution in [0.2, 0.25) is 0 Å². The molecule has 29 heavy (non-hydrogen) atoms. The normalized spacial score (nSPS) is 19.9. The fraction of sp³-hybridized carbons (Fsp3) is 0.385. The Morgan fingerprint density at radius 3 is 2.28 bits per heavy atom. The molecule has 1 fully saturated rings. The van der Waals surface area contributed by atoms with Crippen LogP contribution in [0.15, 0.2) is 40.0 Å². The highest BCUT2D eigenvalue weighted by Gasteiger charge is 2.44. The molecule has 1 N–H and O–H groups in total. The third-order valence-electron chi connectivity index (χ3n) is 3.78. The molecule has 0 radical (unpaired) electrons. The summed E-state index contributed by atoms with van der Waals surface area (Å²) in [7, 11) is -9.10. The van der Waals surface area contributed by atoms with E-state index in [1.807, 2.05) is 0 Å². The van der Waals surface area contributed by atoms with E-state index >= 15 is 0 Å². The van der Waals surface area contributed by atoms with Crippen molar-refractivity contribution in [2.45, 2.75) is 17.7 Å². The number of rotatable bonds is 5. The lowest BCUT2D eigenvalue weighted by Gasteiger charge is -2.34. The van der Waals surface area contributed by atoms with Crippen molar-refractivity contribution in [1.29, 1.82) is 0 Å². The van der Waals surface area contributed by atoms with Crippen molar-refractivity contribution in [3.05, 3.63) is 36.2 Å². The van der Waals surface area contributed by atoms with Crippen LogP contribution in [0, 0.1) is 0 Å². The summed E-state index contributed by atoms with van der Waals surface area (Å²) in [5.74, 6) is -1.87. The molecule has 1 saturated heterocycles. The molecule has 10 nitrogen and oxygen atoms in total. The van der Waals surface area contributed by atoms with E-state index in [0.717, 1.165) is 0 Å². The Bertz CT molecular complexity index is 1070. The molecule has 16 heteroatoms. The van der Waals surface area contributed by atoms with Gasteiger partial charge in [-0.05, 0) is 12.1 Å². The Morgan fingerprint density at radius 1 is 1.07 bits per heavy atom. The van der Waals surface area contributed by atoms with E-state index in [9.17, 15) is 34.4 Å². The molecule has 1 unspecified atom stereocenters. The zero-order valence-corrected chi connectivity index (χ0v) is 15.9. The highest BCUT2D eigenvalue weighted by Crippen LogP contribution is 2.30. The first kappa shape index (κ1) is 21.4. The SMILES string of the molecule is O=S(=O)(Nc1ccccc1)N1CCN(S(=O)(=O)c2nnc(C(F)(F)F)o2)CC1F. The summed E-state index contributed by atoms with van der Waals surface area (Å²) in [5, 5.41) is 4.09. The molecule has 0 amide bonds. The van der Waals surface area contributed by atoms with Gasteiger partial charge in [0.1, 0.15) is 0 Å². The van der Waals surface area contributed by atoms with Gasteiger partial charge in [0.25, 0.3) is 10.0 Å². The van der Waals surface area contributed by atoms with Gasteiger partial charge in [-0.1, -0.05) is 23.3 Å². The Labute approximate surface area is 162 Å². The molecule has 160 valence electrons. The maximum Gasteiger partial charge on any atom is 0.470 e. The van der Waals surface area contributed by atoms with Crippen molar-refractivity contribution in [2.75, 3.05) is 24.4 Å². The van der Waals surface area contributed by atoms with E-state index in [1.165, 1.54) is 12.1 Å². The molecule has 2 heterocycles. The summed E-state index contributed by atoms with van der Waals surface area (Å²) >= 11 is 0. The Kier molecular flexibility index (Phi) is 5.54. The van der Waals surface area contributed by atoms with Crippen LogP contribution in [0.4, 0.5) is 23.2 Å². The molecule has 3 rings (SSSR count). The van der Waals surface area contributed by atoms with E-state index in [-0.39, 0.29) is 5.69 Å². The first-order chi connectivity index (χ1) is 13.4. The standard InChI is InChI=1S/C13H13F4N5O5S2/c14-10-8-21(28(23,24)12-19-18-11(27-12)13(15,16)17)6-7-22(10)29(25,26)20-9-4-2-1-3-5-9/h1-5,10,20H,6-8H2. The molecule has 1 aliphatic rings. The smallest absolute Gasteiger partial charge is 0.403 e. The molecule has 2 aromatic rings. The maximum absolute atomic E-state index is 14.5. The molecule has 1 aromatic carbocycles. The zero-order valence-electron chi connectivity index (χ0n) is 14.2. The lowest BCUT2D eigenvalue weighted by atomic mass is 10.3. The van der Waals surface area contributed by atoms with Crippen LogP contribution in [0.3, 0.4) is 0 Å². The topological polar surface area (TPSA) is 126 Å². The fourth-order valence-electron chi connectivity index (χ4n) is 2.44. The van der Waals surface area contributed by atoms with Crippen molar-refractivity contribution in [1.82, 2.24) is 18.8 Å². The minimum absolute atomic E-state index is 0.167. The monoisotopic (exact) mass is 459 g/mol. The first-order valence-corrected chi connectivity index (χ1v) is 10.7. The number of nitrogens with zero attached hydrogens (tertiary/aromatic N) is 4. The zero-order chi connectivity index (χ0) is 21.4. The summed E-state index contributed by atoms with van der Waals surface area (Å²) in [6, 6.07) is 7.60. The largest absolute Gasteiger partial charge is 0.470 e. The highest BCUT2D eigenvalue weighted by molar-refractivity contribution is 7.90. The predicted molar refractivity (Wildman–Crippen MR) is 88.6 cm³/mol. The number of alkyl halides is 4. The summed E-state index contributed by atoms with van der Waals surface area (Å²) in [6.45, 7) is -2.10. The van der Waals surface area contributed by atoms with Gasteiger partial charge in [-0.15, -0.1) is 9.40 Å². The number of aromatic nitrogens is 2. The second kappa shape index (κ2) is 7.51. The second-order valence-electron chi connectivity index (χ2n) is 5.75. The van der Waals surface area contributed by atoms with Crippen LogP contribution in [-0.2, 0) is 26.4 Å². The number of anilines is 1. The fourth-order valence-corrected chi connectivity index (χ4v) is 4.87. The number of para-hydroxylation sites is 1. The molecule has 0 saturated carbocycles. The van der Waals surface area contributed by atoms with Crippen LogP contribution in [0.25, 0.3) is 0 Å². The molecule has 1 atom stereocenters. The van der Waals surface area contributed by atoms with Gasteiger partial charge in [0.15, 0.2) is 6.30 Å². The minimum Gasteiger partial charge on any atom is -0.403 e. The van der Waals surface area contributed by atoms with Gasteiger partial charge < -0.3 is 4.42 Å². The Morgan fingerprint density at radius 2 is 1.72 bits per heavy atom. The quantitative estimate of drug-likeness (QED) is 0.523. The van der Waals surface area contributed by atoms with E-state index in [1.54, 1.807) is 18.2 Å². The molecule has 1 aliphatic heterocycles. The van der Waals surface area contributed by atoms with Gasteiger partial charge in [-0.2, -0.15) is 25.9 Å². The predicted octanol–water partition coefficient (Wildman–Crippen LogP) is 1.05. The molecule has 1 aromatic heterocycles. The minimum atomic E-state index is -5.06. The van der Waals surface area contributed by atoms with E-state index in [4.69, 9.17) is 0 Å². The molecule has 0 bridgehead atoms. The van der Waals surface area contributed by atoms with Crippen molar-refractivity contribution < 1.29 is 38.8 Å². The highest BCUT2D eigenvalue weighted by atomic mass is 32.2. The van der Waals surface area contributed by atoms with E-state index in [0.29, 0.717) is 8.61 Å².